The lowest BCUT2D eigenvalue weighted by atomic mass is 9.93. The van der Waals surface area contributed by atoms with Crippen molar-refractivity contribution in [3.8, 4) is 0 Å². The second kappa shape index (κ2) is 3.71. The number of rotatable bonds is 3. The number of hydrogen-bond donors (Lipinski definition) is 1. The lowest BCUT2D eigenvalue weighted by Crippen LogP contribution is -2.47. The van der Waals surface area contributed by atoms with Gasteiger partial charge in [0.25, 0.3) is 0 Å². The maximum Gasteiger partial charge on any atom is 0.142 e. The molecule has 0 atom stereocenters. The summed E-state index contributed by atoms with van der Waals surface area (Å²) in [6.45, 7) is 1.73. The quantitative estimate of drug-likeness (QED) is 0.743. The van der Waals surface area contributed by atoms with Gasteiger partial charge < -0.3 is 5.32 Å². The molecule has 0 amide bonds. The van der Waals surface area contributed by atoms with E-state index in [9.17, 15) is 4.79 Å². The first kappa shape index (κ1) is 8.45. The van der Waals surface area contributed by atoms with Crippen LogP contribution in [0.5, 0.6) is 0 Å². The van der Waals surface area contributed by atoms with Crippen molar-refractivity contribution in [1.82, 2.24) is 5.32 Å². The largest absolute Gasteiger partial charge is 0.315 e. The number of carbonyl (C=O) groups is 1. The van der Waals surface area contributed by atoms with E-state index >= 15 is 0 Å². The molecule has 0 unspecified atom stereocenters. The highest BCUT2D eigenvalue weighted by Crippen LogP contribution is 2.09. The number of Topliss-reactive ketones (excluding diaryl/α,β-unsaturated/α-hetero) is 1. The Morgan fingerprint density at radius 2 is 2.00 bits per heavy atom. The van der Waals surface area contributed by atoms with Crippen molar-refractivity contribution in [2.75, 3.05) is 13.1 Å². The number of hydrogen-bond acceptors (Lipinski definition) is 2. The minimum atomic E-state index is 0.264. The maximum absolute atomic E-state index is 11.6. The fourth-order valence-electron chi connectivity index (χ4n) is 1.46. The molecule has 0 bridgehead atoms. The van der Waals surface area contributed by atoms with Crippen molar-refractivity contribution >= 4 is 5.78 Å². The molecule has 0 aromatic heterocycles. The summed E-state index contributed by atoms with van der Waals surface area (Å²) in [6, 6.07) is 9.93. The summed E-state index contributed by atoms with van der Waals surface area (Å²) in [7, 11) is 0. The lowest BCUT2D eigenvalue weighted by molar-refractivity contribution is -0.123. The van der Waals surface area contributed by atoms with Crippen LogP contribution in [0.25, 0.3) is 0 Å². The standard InChI is InChI=1S/C11H13NO/c13-11(10-7-12-8-10)6-9-4-2-1-3-5-9/h1-5,10,12H,6-8H2. The second-order valence-electron chi connectivity index (χ2n) is 3.48. The fourth-order valence-corrected chi connectivity index (χ4v) is 1.46. The summed E-state index contributed by atoms with van der Waals surface area (Å²) in [5.41, 5.74) is 1.12. The summed E-state index contributed by atoms with van der Waals surface area (Å²) < 4.78 is 0. The van der Waals surface area contributed by atoms with Gasteiger partial charge in [0.2, 0.25) is 0 Å². The molecule has 13 heavy (non-hydrogen) atoms. The highest BCUT2D eigenvalue weighted by Gasteiger charge is 2.24. The monoisotopic (exact) mass is 175 g/mol. The van der Waals surface area contributed by atoms with E-state index in [0.717, 1.165) is 18.7 Å². The smallest absolute Gasteiger partial charge is 0.142 e. The van der Waals surface area contributed by atoms with Crippen LogP contribution in [-0.4, -0.2) is 18.9 Å². The molecule has 2 rings (SSSR count). The third kappa shape index (κ3) is 1.95. The molecule has 0 saturated carbocycles. The van der Waals surface area contributed by atoms with Crippen molar-refractivity contribution < 1.29 is 4.79 Å². The first-order chi connectivity index (χ1) is 6.36. The summed E-state index contributed by atoms with van der Waals surface area (Å²) >= 11 is 0. The van der Waals surface area contributed by atoms with Crippen molar-refractivity contribution in [2.45, 2.75) is 6.42 Å². The van der Waals surface area contributed by atoms with Crippen LogP contribution in [0, 0.1) is 5.92 Å². The van der Waals surface area contributed by atoms with Crippen LogP contribution >= 0.6 is 0 Å². The molecule has 0 aliphatic carbocycles. The molecule has 1 fully saturated rings. The Morgan fingerprint density at radius 3 is 2.54 bits per heavy atom. The van der Waals surface area contributed by atoms with Gasteiger partial charge in [0.15, 0.2) is 0 Å². The first-order valence-corrected chi connectivity index (χ1v) is 4.63. The van der Waals surface area contributed by atoms with Gasteiger partial charge in [-0.2, -0.15) is 0 Å². The third-order valence-electron chi connectivity index (χ3n) is 2.46. The zero-order valence-electron chi connectivity index (χ0n) is 7.49. The number of ketones is 1. The molecular weight excluding hydrogens is 162 g/mol. The zero-order chi connectivity index (χ0) is 9.10. The van der Waals surface area contributed by atoms with E-state index in [-0.39, 0.29) is 5.92 Å². The van der Waals surface area contributed by atoms with Crippen LogP contribution in [0.3, 0.4) is 0 Å². The Bertz CT molecular complexity index is 290. The van der Waals surface area contributed by atoms with E-state index in [1.165, 1.54) is 0 Å². The van der Waals surface area contributed by atoms with Crippen molar-refractivity contribution in [2.24, 2.45) is 5.92 Å². The summed E-state index contributed by atoms with van der Waals surface area (Å²) in [4.78, 5) is 11.6. The Morgan fingerprint density at radius 1 is 1.31 bits per heavy atom. The number of benzene rings is 1. The fraction of sp³-hybridized carbons (Fsp3) is 0.364. The second-order valence-corrected chi connectivity index (χ2v) is 3.48. The van der Waals surface area contributed by atoms with Gasteiger partial charge in [-0.3, -0.25) is 4.79 Å². The number of nitrogens with one attached hydrogen (secondary N) is 1. The van der Waals surface area contributed by atoms with Crippen molar-refractivity contribution in [3.05, 3.63) is 35.9 Å². The van der Waals surface area contributed by atoms with E-state index in [4.69, 9.17) is 0 Å². The molecule has 0 radical (unpaired) electrons. The molecule has 68 valence electrons. The van der Waals surface area contributed by atoms with Crippen LogP contribution in [-0.2, 0) is 11.2 Å². The molecule has 1 saturated heterocycles. The van der Waals surface area contributed by atoms with Crippen molar-refractivity contribution in [1.29, 1.82) is 0 Å². The molecule has 1 heterocycles. The zero-order valence-corrected chi connectivity index (χ0v) is 7.49. The van der Waals surface area contributed by atoms with Crippen LogP contribution in [0.4, 0.5) is 0 Å². The molecule has 1 N–H and O–H groups in total. The highest BCUT2D eigenvalue weighted by molar-refractivity contribution is 5.84. The summed E-state index contributed by atoms with van der Waals surface area (Å²) in [5.74, 6) is 0.630. The van der Waals surface area contributed by atoms with E-state index in [1.807, 2.05) is 30.3 Å². The molecule has 1 aliphatic heterocycles. The SMILES string of the molecule is O=C(Cc1ccccc1)C1CNC1. The number of carbonyl (C=O) groups excluding carboxylic acids is 1. The minimum Gasteiger partial charge on any atom is -0.315 e. The lowest BCUT2D eigenvalue weighted by Gasteiger charge is -2.25. The maximum atomic E-state index is 11.6. The van der Waals surface area contributed by atoms with Gasteiger partial charge in [0.05, 0.1) is 0 Å². The third-order valence-corrected chi connectivity index (χ3v) is 2.46. The molecule has 2 heteroatoms. The van der Waals surface area contributed by atoms with Crippen molar-refractivity contribution in [3.63, 3.8) is 0 Å². The van der Waals surface area contributed by atoms with E-state index in [0.29, 0.717) is 12.2 Å². The van der Waals surface area contributed by atoms with Gasteiger partial charge in [-0.25, -0.2) is 0 Å². The molecule has 2 nitrogen and oxygen atoms in total. The molecule has 1 aliphatic rings. The van der Waals surface area contributed by atoms with Gasteiger partial charge in [-0.05, 0) is 5.56 Å². The molecule has 1 aromatic rings. The Kier molecular flexibility index (Phi) is 2.41. The van der Waals surface area contributed by atoms with Gasteiger partial charge in [-0.1, -0.05) is 30.3 Å². The van der Waals surface area contributed by atoms with Gasteiger partial charge in [-0.15, -0.1) is 0 Å². The Hall–Kier alpha value is -1.15. The highest BCUT2D eigenvalue weighted by atomic mass is 16.1. The minimum absolute atomic E-state index is 0.264. The van der Waals surface area contributed by atoms with Crippen LogP contribution in [0.1, 0.15) is 5.56 Å². The van der Waals surface area contributed by atoms with Gasteiger partial charge in [0, 0.05) is 25.4 Å². The average Bonchev–Trinajstić information content (AvgIpc) is 2.02. The predicted molar refractivity (Wildman–Crippen MR) is 51.5 cm³/mol. The predicted octanol–water partition coefficient (Wildman–Crippen LogP) is 1.02. The van der Waals surface area contributed by atoms with Crippen LogP contribution < -0.4 is 5.32 Å². The van der Waals surface area contributed by atoms with E-state index in [1.54, 1.807) is 0 Å². The van der Waals surface area contributed by atoms with E-state index in [2.05, 4.69) is 5.32 Å². The van der Waals surface area contributed by atoms with Gasteiger partial charge in [0.1, 0.15) is 5.78 Å². The Labute approximate surface area is 78.0 Å². The normalized spacial score (nSPS) is 16.6. The first-order valence-electron chi connectivity index (χ1n) is 4.63. The van der Waals surface area contributed by atoms with Crippen LogP contribution in [0.15, 0.2) is 30.3 Å². The Balaban J connectivity index is 1.94. The topological polar surface area (TPSA) is 29.1 Å². The summed E-state index contributed by atoms with van der Waals surface area (Å²) in [5, 5.41) is 3.11. The summed E-state index contributed by atoms with van der Waals surface area (Å²) in [6.07, 6.45) is 0.590. The van der Waals surface area contributed by atoms with E-state index < -0.39 is 0 Å². The average molecular weight is 175 g/mol. The van der Waals surface area contributed by atoms with Gasteiger partial charge >= 0.3 is 0 Å². The van der Waals surface area contributed by atoms with Crippen LogP contribution in [0.2, 0.25) is 0 Å². The molecule has 1 aromatic carbocycles. The molecular formula is C11H13NO. The molecule has 0 spiro atoms.